The molecule has 154 valence electrons. The summed E-state index contributed by atoms with van der Waals surface area (Å²) < 4.78 is 10.2. The van der Waals surface area contributed by atoms with Gasteiger partial charge in [-0.2, -0.15) is 0 Å². The summed E-state index contributed by atoms with van der Waals surface area (Å²) in [6.07, 6.45) is 4.84. The van der Waals surface area contributed by atoms with E-state index in [0.29, 0.717) is 28.9 Å². The van der Waals surface area contributed by atoms with Gasteiger partial charge in [-0.3, -0.25) is 14.8 Å². The Labute approximate surface area is 173 Å². The third-order valence-corrected chi connectivity index (χ3v) is 4.17. The number of unbranched alkanes of at least 4 members (excludes halogenated alkanes) is 1. The summed E-state index contributed by atoms with van der Waals surface area (Å²) in [5, 5.41) is 2.61. The highest BCUT2D eigenvalue weighted by molar-refractivity contribution is 5.97. The van der Waals surface area contributed by atoms with Crippen LogP contribution in [-0.4, -0.2) is 41.0 Å². The molecule has 0 unspecified atom stereocenters. The van der Waals surface area contributed by atoms with E-state index in [4.69, 9.17) is 9.47 Å². The van der Waals surface area contributed by atoms with Gasteiger partial charge < -0.3 is 14.8 Å². The van der Waals surface area contributed by atoms with Crippen LogP contribution in [-0.2, 0) is 14.3 Å². The molecular weight excluding hydrogens is 386 g/mol. The number of carbonyl (C=O) groups is 3. The van der Waals surface area contributed by atoms with Crippen molar-refractivity contribution in [3.05, 3.63) is 66.0 Å². The molecule has 0 radical (unpaired) electrons. The lowest BCUT2D eigenvalue weighted by molar-refractivity contribution is -0.119. The Morgan fingerprint density at radius 3 is 2.27 bits per heavy atom. The van der Waals surface area contributed by atoms with Gasteiger partial charge in [0.1, 0.15) is 0 Å². The van der Waals surface area contributed by atoms with Gasteiger partial charge >= 0.3 is 11.9 Å². The molecule has 1 amide bonds. The van der Waals surface area contributed by atoms with Gasteiger partial charge in [0.25, 0.3) is 5.91 Å². The van der Waals surface area contributed by atoms with Gasteiger partial charge in [-0.05, 0) is 48.9 Å². The topological polar surface area (TPSA) is 107 Å². The molecule has 0 fully saturated rings. The summed E-state index contributed by atoms with van der Waals surface area (Å²) in [5.74, 6) is -1.54. The Bertz CT molecular complexity index is 1050. The number of nitrogens with one attached hydrogen (secondary N) is 1. The van der Waals surface area contributed by atoms with Gasteiger partial charge in [0.05, 0.1) is 28.8 Å². The van der Waals surface area contributed by atoms with E-state index in [9.17, 15) is 14.4 Å². The number of aromatic nitrogens is 2. The molecule has 1 aromatic heterocycles. The van der Waals surface area contributed by atoms with Crippen molar-refractivity contribution in [1.82, 2.24) is 9.97 Å². The lowest BCUT2D eigenvalue weighted by atomic mass is 10.2. The number of hydrogen-bond donors (Lipinski definition) is 1. The fraction of sp³-hybridized carbons (Fsp3) is 0.227. The number of ether oxygens (including phenoxy) is 2. The number of benzene rings is 2. The van der Waals surface area contributed by atoms with Gasteiger partial charge in [0.2, 0.25) is 0 Å². The predicted molar refractivity (Wildman–Crippen MR) is 110 cm³/mol. The first kappa shape index (κ1) is 20.9. The molecule has 0 saturated heterocycles. The number of esters is 2. The summed E-state index contributed by atoms with van der Waals surface area (Å²) in [7, 11) is 0. The van der Waals surface area contributed by atoms with Crippen LogP contribution < -0.4 is 5.32 Å². The number of hydrogen-bond acceptors (Lipinski definition) is 7. The maximum Gasteiger partial charge on any atom is 0.338 e. The molecule has 0 spiro atoms. The van der Waals surface area contributed by atoms with E-state index in [1.54, 1.807) is 48.7 Å². The first-order valence-electron chi connectivity index (χ1n) is 9.51. The first-order valence-corrected chi connectivity index (χ1v) is 9.51. The van der Waals surface area contributed by atoms with E-state index in [0.717, 1.165) is 12.8 Å². The zero-order valence-electron chi connectivity index (χ0n) is 16.5. The first-order chi connectivity index (χ1) is 14.6. The van der Waals surface area contributed by atoms with Crippen molar-refractivity contribution in [2.45, 2.75) is 19.8 Å². The second-order valence-electron chi connectivity index (χ2n) is 6.45. The maximum absolute atomic E-state index is 12.2. The van der Waals surface area contributed by atoms with E-state index in [2.05, 4.69) is 15.3 Å². The summed E-state index contributed by atoms with van der Waals surface area (Å²) in [5.41, 5.74) is 2.37. The number of anilines is 1. The Morgan fingerprint density at radius 1 is 0.867 bits per heavy atom. The molecule has 8 heteroatoms. The van der Waals surface area contributed by atoms with Crippen LogP contribution in [0.2, 0.25) is 0 Å². The minimum atomic E-state index is -0.636. The van der Waals surface area contributed by atoms with Gasteiger partial charge in [-0.15, -0.1) is 0 Å². The van der Waals surface area contributed by atoms with Crippen LogP contribution in [0.4, 0.5) is 5.69 Å². The lowest BCUT2D eigenvalue weighted by Gasteiger charge is -2.08. The highest BCUT2D eigenvalue weighted by Gasteiger charge is 2.12. The average molecular weight is 407 g/mol. The van der Waals surface area contributed by atoms with Crippen molar-refractivity contribution in [3.63, 3.8) is 0 Å². The Morgan fingerprint density at radius 2 is 1.53 bits per heavy atom. The molecular formula is C22H21N3O5. The third-order valence-electron chi connectivity index (χ3n) is 4.17. The fourth-order valence-electron chi connectivity index (χ4n) is 2.58. The quantitative estimate of drug-likeness (QED) is 0.450. The molecule has 0 bridgehead atoms. The molecule has 3 rings (SSSR count). The number of nitrogens with zero attached hydrogens (tertiary/aromatic N) is 2. The molecule has 2 aromatic carbocycles. The average Bonchev–Trinajstić information content (AvgIpc) is 2.77. The highest BCUT2D eigenvalue weighted by Crippen LogP contribution is 2.13. The van der Waals surface area contributed by atoms with E-state index in [-0.39, 0.29) is 5.56 Å². The van der Waals surface area contributed by atoms with Crippen molar-refractivity contribution in [1.29, 1.82) is 0 Å². The normalized spacial score (nSPS) is 10.4. The van der Waals surface area contributed by atoms with Crippen LogP contribution in [0.1, 0.15) is 40.5 Å². The van der Waals surface area contributed by atoms with E-state index in [1.165, 1.54) is 6.20 Å². The third kappa shape index (κ3) is 5.60. The minimum absolute atomic E-state index is 0.279. The molecule has 1 N–H and O–H groups in total. The fourth-order valence-corrected chi connectivity index (χ4v) is 2.58. The highest BCUT2D eigenvalue weighted by atomic mass is 16.5. The number of amides is 1. The molecule has 1 heterocycles. The lowest BCUT2D eigenvalue weighted by Crippen LogP contribution is -2.21. The summed E-state index contributed by atoms with van der Waals surface area (Å²) >= 11 is 0. The molecule has 0 aliphatic carbocycles. The SMILES string of the molecule is CCCCOC(=O)c1ccc(NC(=O)COC(=O)c2ccc3nccnc3c2)cc1. The number of fused-ring (bicyclic) bond motifs is 1. The predicted octanol–water partition coefficient (Wildman–Crippen LogP) is 3.38. The second kappa shape index (κ2) is 10.1. The summed E-state index contributed by atoms with van der Waals surface area (Å²) in [4.78, 5) is 44.4. The molecule has 30 heavy (non-hydrogen) atoms. The van der Waals surface area contributed by atoms with Gasteiger partial charge in [0, 0.05) is 18.1 Å². The van der Waals surface area contributed by atoms with E-state index < -0.39 is 24.5 Å². The van der Waals surface area contributed by atoms with Crippen LogP contribution in [0.5, 0.6) is 0 Å². The number of carbonyl (C=O) groups excluding carboxylic acids is 3. The Hall–Kier alpha value is -3.81. The molecule has 0 aliphatic rings. The standard InChI is InChI=1S/C22H21N3O5/c1-2-3-12-29-21(27)15-4-7-17(8-5-15)25-20(26)14-30-22(28)16-6-9-18-19(13-16)24-11-10-23-18/h4-11,13H,2-3,12,14H2,1H3,(H,25,26). The van der Waals surface area contributed by atoms with Crippen molar-refractivity contribution in [2.75, 3.05) is 18.5 Å². The van der Waals surface area contributed by atoms with Crippen LogP contribution >= 0.6 is 0 Å². The zero-order chi connectivity index (χ0) is 21.3. The van der Waals surface area contributed by atoms with Crippen molar-refractivity contribution in [3.8, 4) is 0 Å². The minimum Gasteiger partial charge on any atom is -0.462 e. The van der Waals surface area contributed by atoms with Crippen molar-refractivity contribution in [2.24, 2.45) is 0 Å². The molecule has 8 nitrogen and oxygen atoms in total. The molecule has 0 atom stereocenters. The van der Waals surface area contributed by atoms with Crippen LogP contribution in [0.25, 0.3) is 11.0 Å². The largest absolute Gasteiger partial charge is 0.462 e. The van der Waals surface area contributed by atoms with Gasteiger partial charge in [-0.1, -0.05) is 13.3 Å². The van der Waals surface area contributed by atoms with E-state index in [1.807, 2.05) is 6.92 Å². The van der Waals surface area contributed by atoms with Crippen LogP contribution in [0.15, 0.2) is 54.9 Å². The van der Waals surface area contributed by atoms with Crippen molar-refractivity contribution < 1.29 is 23.9 Å². The van der Waals surface area contributed by atoms with Crippen LogP contribution in [0, 0.1) is 0 Å². The molecule has 3 aromatic rings. The zero-order valence-corrected chi connectivity index (χ0v) is 16.5. The maximum atomic E-state index is 12.2. The van der Waals surface area contributed by atoms with E-state index >= 15 is 0 Å². The van der Waals surface area contributed by atoms with Gasteiger partial charge in [0.15, 0.2) is 6.61 Å². The van der Waals surface area contributed by atoms with Crippen molar-refractivity contribution >= 4 is 34.6 Å². The molecule has 0 aliphatic heterocycles. The number of rotatable bonds is 8. The Kier molecular flexibility index (Phi) is 7.05. The summed E-state index contributed by atoms with van der Waals surface area (Å²) in [6, 6.07) is 11.1. The second-order valence-corrected chi connectivity index (χ2v) is 6.45. The monoisotopic (exact) mass is 407 g/mol. The Balaban J connectivity index is 1.50. The summed E-state index contributed by atoms with van der Waals surface area (Å²) in [6.45, 7) is 1.94. The smallest absolute Gasteiger partial charge is 0.338 e. The van der Waals surface area contributed by atoms with Gasteiger partial charge in [-0.25, -0.2) is 9.59 Å². The van der Waals surface area contributed by atoms with Crippen LogP contribution in [0.3, 0.4) is 0 Å². The molecule has 0 saturated carbocycles.